The van der Waals surface area contributed by atoms with Crippen molar-refractivity contribution in [1.29, 1.82) is 0 Å². The van der Waals surface area contributed by atoms with E-state index in [9.17, 15) is 4.79 Å². The number of hydrogen-bond donors (Lipinski definition) is 1. The topological polar surface area (TPSA) is 50.2 Å². The molecular weight excluding hydrogens is 467 g/mol. The first-order valence-corrected chi connectivity index (χ1v) is 11.9. The Morgan fingerprint density at radius 1 is 1.09 bits per heavy atom. The van der Waals surface area contributed by atoms with Gasteiger partial charge in [0, 0.05) is 33.8 Å². The summed E-state index contributed by atoms with van der Waals surface area (Å²) in [5.41, 5.74) is 3.59. The number of carbonyl (C=O) groups excluding carboxylic acids is 1. The maximum absolute atomic E-state index is 13.7. The lowest BCUT2D eigenvalue weighted by Gasteiger charge is -2.33. The molecular formula is C24H25Cl3N4O. The number of benzene rings is 2. The molecule has 0 atom stereocenters. The molecule has 2 heterocycles. The molecule has 1 saturated heterocycles. The quantitative estimate of drug-likeness (QED) is 0.474. The highest BCUT2D eigenvalue weighted by Gasteiger charge is 2.30. The Morgan fingerprint density at radius 2 is 1.75 bits per heavy atom. The minimum Gasteiger partial charge on any atom is -0.334 e. The predicted molar refractivity (Wildman–Crippen MR) is 131 cm³/mol. The van der Waals surface area contributed by atoms with Crippen LogP contribution < -0.4 is 5.32 Å². The molecule has 1 aliphatic rings. The third-order valence-corrected chi connectivity index (χ3v) is 6.72. The van der Waals surface area contributed by atoms with Gasteiger partial charge in [0.1, 0.15) is 0 Å². The minimum absolute atomic E-state index is 0.0593. The molecule has 1 amide bonds. The smallest absolute Gasteiger partial charge is 0.274 e. The van der Waals surface area contributed by atoms with Gasteiger partial charge >= 0.3 is 0 Å². The fourth-order valence-corrected chi connectivity index (χ4v) is 4.91. The zero-order valence-electron chi connectivity index (χ0n) is 18.0. The van der Waals surface area contributed by atoms with Crippen molar-refractivity contribution in [2.45, 2.75) is 32.7 Å². The lowest BCUT2D eigenvalue weighted by molar-refractivity contribution is 0.0649. The van der Waals surface area contributed by atoms with Gasteiger partial charge in [0.15, 0.2) is 5.69 Å². The summed E-state index contributed by atoms with van der Waals surface area (Å²) in [5.74, 6) is -0.0593. The standard InChI is InChI=1S/C24H25Cl3N4O/c1-3-30(19-10-12-28-13-11-19)24(32)22-15(2)23(16-4-6-17(25)7-5-16)31(29-22)21-9-8-18(26)14-20(21)27/h4-9,14,19,28H,3,10-13H2,1-2H3. The monoisotopic (exact) mass is 490 g/mol. The highest BCUT2D eigenvalue weighted by atomic mass is 35.5. The van der Waals surface area contributed by atoms with Gasteiger partial charge in [0.05, 0.1) is 16.4 Å². The number of nitrogens with one attached hydrogen (secondary N) is 1. The van der Waals surface area contributed by atoms with Crippen molar-refractivity contribution in [2.75, 3.05) is 19.6 Å². The Bertz CT molecular complexity index is 1120. The Balaban J connectivity index is 1.85. The van der Waals surface area contributed by atoms with Gasteiger partial charge in [0.25, 0.3) is 5.91 Å². The van der Waals surface area contributed by atoms with Gasteiger partial charge in [0.2, 0.25) is 0 Å². The van der Waals surface area contributed by atoms with E-state index in [1.165, 1.54) is 0 Å². The van der Waals surface area contributed by atoms with Crippen molar-refractivity contribution in [3.05, 3.63) is 68.8 Å². The first-order valence-electron chi connectivity index (χ1n) is 10.7. The van der Waals surface area contributed by atoms with Crippen LogP contribution in [-0.4, -0.2) is 46.3 Å². The van der Waals surface area contributed by atoms with Crippen LogP contribution in [0.5, 0.6) is 0 Å². The van der Waals surface area contributed by atoms with Crippen LogP contribution >= 0.6 is 34.8 Å². The third kappa shape index (κ3) is 4.53. The van der Waals surface area contributed by atoms with Crippen molar-refractivity contribution < 1.29 is 4.79 Å². The normalized spacial score (nSPS) is 14.5. The highest BCUT2D eigenvalue weighted by Crippen LogP contribution is 2.34. The number of amides is 1. The Morgan fingerprint density at radius 3 is 2.38 bits per heavy atom. The van der Waals surface area contributed by atoms with E-state index in [0.717, 1.165) is 42.8 Å². The molecule has 2 aromatic carbocycles. The van der Waals surface area contributed by atoms with Crippen molar-refractivity contribution in [3.8, 4) is 16.9 Å². The maximum atomic E-state index is 13.7. The number of rotatable bonds is 5. The van der Waals surface area contributed by atoms with Crippen LogP contribution in [-0.2, 0) is 0 Å². The van der Waals surface area contributed by atoms with Crippen molar-refractivity contribution in [1.82, 2.24) is 20.0 Å². The number of hydrogen-bond acceptors (Lipinski definition) is 3. The molecule has 1 N–H and O–H groups in total. The van der Waals surface area contributed by atoms with Crippen LogP contribution in [0.2, 0.25) is 15.1 Å². The maximum Gasteiger partial charge on any atom is 0.274 e. The van der Waals surface area contributed by atoms with E-state index in [4.69, 9.17) is 39.9 Å². The van der Waals surface area contributed by atoms with E-state index >= 15 is 0 Å². The second-order valence-corrected chi connectivity index (χ2v) is 9.19. The van der Waals surface area contributed by atoms with E-state index in [-0.39, 0.29) is 11.9 Å². The van der Waals surface area contributed by atoms with Gasteiger partial charge in [-0.3, -0.25) is 4.79 Å². The molecule has 5 nitrogen and oxygen atoms in total. The van der Waals surface area contributed by atoms with Crippen LogP contribution in [0.15, 0.2) is 42.5 Å². The summed E-state index contributed by atoms with van der Waals surface area (Å²) < 4.78 is 1.74. The number of halogens is 3. The number of piperidine rings is 1. The molecule has 1 fully saturated rings. The molecule has 3 aromatic rings. The summed E-state index contributed by atoms with van der Waals surface area (Å²) in [5, 5.41) is 9.78. The molecule has 0 unspecified atom stereocenters. The molecule has 0 bridgehead atoms. The Kier molecular flexibility index (Phi) is 7.11. The highest BCUT2D eigenvalue weighted by molar-refractivity contribution is 6.35. The first-order chi connectivity index (χ1) is 15.4. The molecule has 0 radical (unpaired) electrons. The molecule has 168 valence electrons. The fourth-order valence-electron chi connectivity index (χ4n) is 4.30. The van der Waals surface area contributed by atoms with Crippen LogP contribution in [0.1, 0.15) is 35.8 Å². The van der Waals surface area contributed by atoms with E-state index in [0.29, 0.717) is 33.0 Å². The van der Waals surface area contributed by atoms with Gasteiger partial charge < -0.3 is 10.2 Å². The van der Waals surface area contributed by atoms with E-state index < -0.39 is 0 Å². The summed E-state index contributed by atoms with van der Waals surface area (Å²) in [6.45, 7) is 6.41. The first kappa shape index (κ1) is 23.1. The number of aromatic nitrogens is 2. The summed E-state index contributed by atoms with van der Waals surface area (Å²) in [7, 11) is 0. The lowest BCUT2D eigenvalue weighted by Crippen LogP contribution is -2.46. The average molecular weight is 492 g/mol. The molecule has 0 spiro atoms. The van der Waals surface area contributed by atoms with Crippen LogP contribution in [0, 0.1) is 6.92 Å². The third-order valence-electron chi connectivity index (χ3n) is 5.93. The van der Waals surface area contributed by atoms with Crippen LogP contribution in [0.25, 0.3) is 16.9 Å². The lowest BCUT2D eigenvalue weighted by atomic mass is 10.0. The van der Waals surface area contributed by atoms with E-state index in [2.05, 4.69) is 5.32 Å². The Hall–Kier alpha value is -2.05. The summed E-state index contributed by atoms with van der Waals surface area (Å²) in [6.07, 6.45) is 1.87. The van der Waals surface area contributed by atoms with Gasteiger partial charge in [-0.15, -0.1) is 0 Å². The summed E-state index contributed by atoms with van der Waals surface area (Å²) >= 11 is 18.8. The molecule has 0 saturated carbocycles. The van der Waals surface area contributed by atoms with Crippen molar-refractivity contribution in [3.63, 3.8) is 0 Å². The summed E-state index contributed by atoms with van der Waals surface area (Å²) in [6, 6.07) is 13.0. The number of nitrogens with zero attached hydrogens (tertiary/aromatic N) is 3. The van der Waals surface area contributed by atoms with Crippen LogP contribution in [0.3, 0.4) is 0 Å². The van der Waals surface area contributed by atoms with Gasteiger partial charge in [-0.25, -0.2) is 4.68 Å². The second-order valence-electron chi connectivity index (χ2n) is 7.91. The van der Waals surface area contributed by atoms with Crippen LogP contribution in [0.4, 0.5) is 0 Å². The summed E-state index contributed by atoms with van der Waals surface area (Å²) in [4.78, 5) is 15.6. The molecule has 1 aliphatic heterocycles. The van der Waals surface area contributed by atoms with E-state index in [1.807, 2.05) is 49.1 Å². The SMILES string of the molecule is CCN(C(=O)c1nn(-c2ccc(Cl)cc2Cl)c(-c2ccc(Cl)cc2)c1C)C1CCNCC1. The molecule has 8 heteroatoms. The van der Waals surface area contributed by atoms with Crippen molar-refractivity contribution >= 4 is 40.7 Å². The largest absolute Gasteiger partial charge is 0.334 e. The minimum atomic E-state index is -0.0593. The molecule has 0 aliphatic carbocycles. The van der Waals surface area contributed by atoms with Gasteiger partial charge in [-0.1, -0.05) is 46.9 Å². The second kappa shape index (κ2) is 9.84. The van der Waals surface area contributed by atoms with Gasteiger partial charge in [-0.2, -0.15) is 5.10 Å². The predicted octanol–water partition coefficient (Wildman–Crippen LogP) is 6.02. The van der Waals surface area contributed by atoms with E-state index in [1.54, 1.807) is 16.8 Å². The molecule has 4 rings (SSSR count). The molecule has 1 aromatic heterocycles. The Labute approximate surface area is 203 Å². The fraction of sp³-hybridized carbons (Fsp3) is 0.333. The average Bonchev–Trinajstić information content (AvgIpc) is 3.12. The number of carbonyl (C=O) groups is 1. The zero-order chi connectivity index (χ0) is 22.8. The van der Waals surface area contributed by atoms with Crippen molar-refractivity contribution in [2.24, 2.45) is 0 Å². The molecule has 32 heavy (non-hydrogen) atoms. The van der Waals surface area contributed by atoms with Gasteiger partial charge in [-0.05, 0) is 70.1 Å². The zero-order valence-corrected chi connectivity index (χ0v) is 20.3.